The maximum absolute atomic E-state index is 12.6. The molecular formula is C14H21NO4S. The van der Waals surface area contributed by atoms with Gasteiger partial charge in [0, 0.05) is 12.6 Å². The molecule has 1 atom stereocenters. The molecule has 0 heterocycles. The number of benzene rings is 1. The van der Waals surface area contributed by atoms with Gasteiger partial charge in [-0.1, -0.05) is 19.9 Å². The number of sulfonamides is 1. The largest absolute Gasteiger partial charge is 0.478 e. The number of nitrogens with zero attached hydrogens (tertiary/aromatic N) is 1. The Balaban J connectivity index is 3.35. The highest BCUT2D eigenvalue weighted by molar-refractivity contribution is 7.89. The minimum Gasteiger partial charge on any atom is -0.478 e. The molecule has 0 aliphatic rings. The van der Waals surface area contributed by atoms with Crippen molar-refractivity contribution in [3.05, 3.63) is 29.3 Å². The van der Waals surface area contributed by atoms with Gasteiger partial charge in [0.1, 0.15) is 0 Å². The van der Waals surface area contributed by atoms with Crippen LogP contribution in [0, 0.1) is 6.92 Å². The van der Waals surface area contributed by atoms with E-state index in [2.05, 4.69) is 0 Å². The Labute approximate surface area is 120 Å². The van der Waals surface area contributed by atoms with E-state index in [-0.39, 0.29) is 16.5 Å². The Hall–Kier alpha value is -1.40. The van der Waals surface area contributed by atoms with Crippen LogP contribution in [-0.4, -0.2) is 36.4 Å². The summed E-state index contributed by atoms with van der Waals surface area (Å²) in [6.45, 7) is 7.53. The average molecular weight is 299 g/mol. The van der Waals surface area contributed by atoms with Crippen molar-refractivity contribution >= 4 is 16.0 Å². The lowest BCUT2D eigenvalue weighted by Gasteiger charge is -2.26. The first-order chi connectivity index (χ1) is 9.25. The third-order valence-electron chi connectivity index (χ3n) is 3.44. The fourth-order valence-corrected chi connectivity index (χ4v) is 3.79. The molecule has 0 spiro atoms. The predicted octanol–water partition coefficient (Wildman–Crippen LogP) is 2.50. The molecule has 20 heavy (non-hydrogen) atoms. The Bertz CT molecular complexity index is 595. The number of aryl methyl sites for hydroxylation is 1. The maximum atomic E-state index is 12.6. The molecular weight excluding hydrogens is 278 g/mol. The molecule has 0 amide bonds. The van der Waals surface area contributed by atoms with Crippen molar-refractivity contribution in [2.75, 3.05) is 6.54 Å². The number of rotatable bonds is 6. The van der Waals surface area contributed by atoms with E-state index in [0.29, 0.717) is 18.5 Å². The van der Waals surface area contributed by atoms with E-state index in [1.165, 1.54) is 22.5 Å². The van der Waals surface area contributed by atoms with Crippen LogP contribution in [-0.2, 0) is 10.0 Å². The smallest absolute Gasteiger partial charge is 0.335 e. The van der Waals surface area contributed by atoms with E-state index in [1.54, 1.807) is 13.8 Å². The molecule has 1 rings (SSSR count). The van der Waals surface area contributed by atoms with Crippen LogP contribution in [0.5, 0.6) is 0 Å². The van der Waals surface area contributed by atoms with Crippen LogP contribution >= 0.6 is 0 Å². The molecule has 1 aromatic carbocycles. The Kier molecular flexibility index (Phi) is 5.30. The van der Waals surface area contributed by atoms with Crippen LogP contribution in [0.2, 0.25) is 0 Å². The summed E-state index contributed by atoms with van der Waals surface area (Å²) in [5, 5.41) is 9.10. The first kappa shape index (κ1) is 16.7. The van der Waals surface area contributed by atoms with Crippen LogP contribution in [0.25, 0.3) is 0 Å². The molecule has 0 aliphatic carbocycles. The van der Waals surface area contributed by atoms with E-state index in [4.69, 9.17) is 5.11 Å². The van der Waals surface area contributed by atoms with E-state index in [1.807, 2.05) is 13.8 Å². The average Bonchev–Trinajstić information content (AvgIpc) is 2.38. The molecule has 0 saturated heterocycles. The van der Waals surface area contributed by atoms with Crippen molar-refractivity contribution in [2.45, 2.75) is 45.1 Å². The molecule has 0 aromatic heterocycles. The fraction of sp³-hybridized carbons (Fsp3) is 0.500. The minimum absolute atomic E-state index is 0.0197. The van der Waals surface area contributed by atoms with Crippen molar-refractivity contribution < 1.29 is 18.3 Å². The van der Waals surface area contributed by atoms with Gasteiger partial charge in [-0.25, -0.2) is 13.2 Å². The molecule has 1 aromatic rings. The summed E-state index contributed by atoms with van der Waals surface area (Å²) in [5.74, 6) is -1.12. The first-order valence-corrected chi connectivity index (χ1v) is 8.05. The zero-order valence-corrected chi connectivity index (χ0v) is 13.1. The number of carboxylic acid groups (broad SMARTS) is 1. The summed E-state index contributed by atoms with van der Waals surface area (Å²) in [6, 6.07) is 4.10. The summed E-state index contributed by atoms with van der Waals surface area (Å²) in [5.41, 5.74) is 0.564. The van der Waals surface area contributed by atoms with Gasteiger partial charge in [0.25, 0.3) is 0 Å². The lowest BCUT2D eigenvalue weighted by atomic mass is 10.1. The normalized spacial score (nSPS) is 13.4. The van der Waals surface area contributed by atoms with E-state index in [9.17, 15) is 13.2 Å². The Morgan fingerprint density at radius 1 is 1.35 bits per heavy atom. The predicted molar refractivity (Wildman–Crippen MR) is 77.5 cm³/mol. The highest BCUT2D eigenvalue weighted by Gasteiger charge is 2.27. The molecule has 0 fully saturated rings. The second-order valence-corrected chi connectivity index (χ2v) is 6.64. The molecule has 1 unspecified atom stereocenters. The summed E-state index contributed by atoms with van der Waals surface area (Å²) in [4.78, 5) is 11.2. The highest BCUT2D eigenvalue weighted by atomic mass is 32.2. The number of hydrogen-bond acceptors (Lipinski definition) is 3. The Morgan fingerprint density at radius 3 is 2.40 bits per heavy atom. The third-order valence-corrected chi connectivity index (χ3v) is 5.53. The fourth-order valence-electron chi connectivity index (χ4n) is 2.05. The Morgan fingerprint density at radius 2 is 1.95 bits per heavy atom. The molecule has 6 heteroatoms. The van der Waals surface area contributed by atoms with Crippen LogP contribution in [0.1, 0.15) is 43.1 Å². The minimum atomic E-state index is -3.67. The van der Waals surface area contributed by atoms with E-state index in [0.717, 1.165) is 0 Å². The summed E-state index contributed by atoms with van der Waals surface area (Å²) in [6.07, 6.45) is 0.699. The zero-order valence-electron chi connectivity index (χ0n) is 12.3. The van der Waals surface area contributed by atoms with Crippen LogP contribution in [0.4, 0.5) is 0 Å². The van der Waals surface area contributed by atoms with Gasteiger partial charge in [-0.15, -0.1) is 0 Å². The first-order valence-electron chi connectivity index (χ1n) is 6.61. The monoisotopic (exact) mass is 299 g/mol. The number of hydrogen-bond donors (Lipinski definition) is 1. The molecule has 0 bridgehead atoms. The molecule has 0 saturated carbocycles. The van der Waals surface area contributed by atoms with Crippen LogP contribution in [0.3, 0.4) is 0 Å². The highest BCUT2D eigenvalue weighted by Crippen LogP contribution is 2.22. The van der Waals surface area contributed by atoms with Crippen molar-refractivity contribution in [3.8, 4) is 0 Å². The van der Waals surface area contributed by atoms with Crippen LogP contribution < -0.4 is 0 Å². The van der Waals surface area contributed by atoms with Crippen molar-refractivity contribution in [1.29, 1.82) is 0 Å². The number of carbonyl (C=O) groups is 1. The molecule has 1 N–H and O–H groups in total. The molecule has 0 aliphatic heterocycles. The summed E-state index contributed by atoms with van der Waals surface area (Å²) in [7, 11) is -3.67. The second kappa shape index (κ2) is 6.37. The van der Waals surface area contributed by atoms with Gasteiger partial charge in [-0.05, 0) is 38.0 Å². The van der Waals surface area contributed by atoms with Gasteiger partial charge in [-0.3, -0.25) is 0 Å². The van der Waals surface area contributed by atoms with Gasteiger partial charge in [-0.2, -0.15) is 4.31 Å². The van der Waals surface area contributed by atoms with Crippen molar-refractivity contribution in [3.63, 3.8) is 0 Å². The third kappa shape index (κ3) is 3.19. The van der Waals surface area contributed by atoms with Crippen LogP contribution in [0.15, 0.2) is 23.1 Å². The SMILES string of the molecule is CCC(C)N(CC)S(=O)(=O)c1ccc(C)c(C(=O)O)c1. The lowest BCUT2D eigenvalue weighted by Crippen LogP contribution is -2.38. The van der Waals surface area contributed by atoms with Gasteiger partial charge < -0.3 is 5.11 Å². The number of carboxylic acids is 1. The molecule has 0 radical (unpaired) electrons. The van der Waals surface area contributed by atoms with E-state index < -0.39 is 16.0 Å². The lowest BCUT2D eigenvalue weighted by molar-refractivity contribution is 0.0696. The second-order valence-electron chi connectivity index (χ2n) is 4.75. The quantitative estimate of drug-likeness (QED) is 0.875. The van der Waals surface area contributed by atoms with Gasteiger partial charge >= 0.3 is 5.97 Å². The van der Waals surface area contributed by atoms with Gasteiger partial charge in [0.15, 0.2) is 0 Å². The molecule has 5 nitrogen and oxygen atoms in total. The standard InChI is InChI=1S/C14H21NO4S/c1-5-11(4)15(6-2)20(18,19)12-8-7-10(3)13(9-12)14(16)17/h7-9,11H,5-6H2,1-4H3,(H,16,17). The van der Waals surface area contributed by atoms with Gasteiger partial charge in [0.2, 0.25) is 10.0 Å². The van der Waals surface area contributed by atoms with Crippen molar-refractivity contribution in [1.82, 2.24) is 4.31 Å². The number of aromatic carboxylic acids is 1. The summed E-state index contributed by atoms with van der Waals surface area (Å²) < 4.78 is 26.6. The summed E-state index contributed by atoms with van der Waals surface area (Å²) >= 11 is 0. The maximum Gasteiger partial charge on any atom is 0.335 e. The molecule has 112 valence electrons. The van der Waals surface area contributed by atoms with Gasteiger partial charge in [0.05, 0.1) is 10.5 Å². The van der Waals surface area contributed by atoms with E-state index >= 15 is 0 Å². The van der Waals surface area contributed by atoms with Crippen molar-refractivity contribution in [2.24, 2.45) is 0 Å². The topological polar surface area (TPSA) is 74.7 Å². The zero-order chi connectivity index (χ0) is 15.5.